The van der Waals surface area contributed by atoms with Gasteiger partial charge in [-0.3, -0.25) is 4.79 Å². The third-order valence-electron chi connectivity index (χ3n) is 3.95. The number of benzene rings is 1. The molecule has 134 valence electrons. The molecule has 0 fully saturated rings. The minimum atomic E-state index is -0.688. The molecule has 26 heavy (non-hydrogen) atoms. The number of carbonyl (C=O) groups is 1. The van der Waals surface area contributed by atoms with E-state index in [9.17, 15) is 9.90 Å². The fourth-order valence-corrected chi connectivity index (χ4v) is 3.27. The predicted molar refractivity (Wildman–Crippen MR) is 93.0 cm³/mol. The standard InChI is InChI=1S/C17H16N4O4S/c22-14(12-3-4-26-9-12)8-21-7-13(19-20-21)17(23)18-6-11-1-2-15-16(5-11)25-10-24-15/h1-5,7,9,14,22H,6,8,10H2,(H,18,23). The molecule has 0 saturated heterocycles. The predicted octanol–water partition coefficient (Wildman–Crippen LogP) is 1.73. The van der Waals surface area contributed by atoms with Crippen molar-refractivity contribution in [1.29, 1.82) is 0 Å². The van der Waals surface area contributed by atoms with Gasteiger partial charge in [-0.1, -0.05) is 11.3 Å². The molecular formula is C17H16N4O4S. The minimum absolute atomic E-state index is 0.197. The zero-order chi connectivity index (χ0) is 17.9. The van der Waals surface area contributed by atoms with Crippen molar-refractivity contribution in [1.82, 2.24) is 20.3 Å². The van der Waals surface area contributed by atoms with Gasteiger partial charge in [0.05, 0.1) is 18.8 Å². The normalized spacial score (nSPS) is 13.6. The number of aromatic nitrogens is 3. The van der Waals surface area contributed by atoms with Crippen molar-refractivity contribution >= 4 is 17.2 Å². The Labute approximate surface area is 153 Å². The molecule has 0 bridgehead atoms. The van der Waals surface area contributed by atoms with E-state index in [4.69, 9.17) is 9.47 Å². The summed E-state index contributed by atoms with van der Waals surface area (Å²) in [6.45, 7) is 0.782. The van der Waals surface area contributed by atoms with Gasteiger partial charge in [0.1, 0.15) is 0 Å². The Morgan fingerprint density at radius 2 is 2.23 bits per heavy atom. The molecule has 0 saturated carbocycles. The molecule has 1 atom stereocenters. The van der Waals surface area contributed by atoms with Crippen LogP contribution in [0.2, 0.25) is 0 Å². The molecule has 8 nitrogen and oxygen atoms in total. The summed E-state index contributed by atoms with van der Waals surface area (Å²) in [5, 5.41) is 24.5. The van der Waals surface area contributed by atoms with E-state index in [-0.39, 0.29) is 24.9 Å². The smallest absolute Gasteiger partial charge is 0.273 e. The highest BCUT2D eigenvalue weighted by molar-refractivity contribution is 7.07. The number of rotatable bonds is 6. The molecule has 1 aliphatic heterocycles. The van der Waals surface area contributed by atoms with Crippen molar-refractivity contribution in [2.45, 2.75) is 19.2 Å². The summed E-state index contributed by atoms with van der Waals surface area (Å²) >= 11 is 1.51. The Kier molecular flexibility index (Phi) is 4.55. The highest BCUT2D eigenvalue weighted by Crippen LogP contribution is 2.32. The maximum absolute atomic E-state index is 12.2. The largest absolute Gasteiger partial charge is 0.454 e. The van der Waals surface area contributed by atoms with Crippen LogP contribution < -0.4 is 14.8 Å². The molecule has 1 unspecified atom stereocenters. The molecule has 2 aromatic heterocycles. The van der Waals surface area contributed by atoms with Gasteiger partial charge in [-0.05, 0) is 40.1 Å². The first kappa shape index (κ1) is 16.6. The van der Waals surface area contributed by atoms with Crippen molar-refractivity contribution in [2.24, 2.45) is 0 Å². The van der Waals surface area contributed by atoms with Crippen molar-refractivity contribution < 1.29 is 19.4 Å². The Morgan fingerprint density at radius 3 is 3.08 bits per heavy atom. The Bertz CT molecular complexity index is 909. The highest BCUT2D eigenvalue weighted by atomic mass is 32.1. The number of nitrogens with one attached hydrogen (secondary N) is 1. The van der Waals surface area contributed by atoms with Crippen LogP contribution in [0.3, 0.4) is 0 Å². The van der Waals surface area contributed by atoms with Crippen molar-refractivity contribution in [2.75, 3.05) is 6.79 Å². The van der Waals surface area contributed by atoms with Crippen LogP contribution in [0.4, 0.5) is 0 Å². The summed E-state index contributed by atoms with van der Waals surface area (Å²) in [5.41, 5.74) is 1.91. The number of amides is 1. The zero-order valence-electron chi connectivity index (χ0n) is 13.7. The van der Waals surface area contributed by atoms with Gasteiger partial charge in [-0.2, -0.15) is 11.3 Å². The molecule has 1 aliphatic rings. The number of hydrogen-bond acceptors (Lipinski definition) is 7. The highest BCUT2D eigenvalue weighted by Gasteiger charge is 2.16. The maximum atomic E-state index is 12.2. The lowest BCUT2D eigenvalue weighted by molar-refractivity contribution is 0.0945. The minimum Gasteiger partial charge on any atom is -0.454 e. The average molecular weight is 372 g/mol. The van der Waals surface area contributed by atoms with E-state index in [1.54, 1.807) is 0 Å². The van der Waals surface area contributed by atoms with Crippen LogP contribution in [-0.4, -0.2) is 32.8 Å². The lowest BCUT2D eigenvalue weighted by atomic mass is 10.2. The monoisotopic (exact) mass is 372 g/mol. The van der Waals surface area contributed by atoms with Gasteiger partial charge >= 0.3 is 0 Å². The van der Waals surface area contributed by atoms with E-state index in [2.05, 4.69) is 15.6 Å². The van der Waals surface area contributed by atoms with E-state index in [1.807, 2.05) is 35.0 Å². The number of carbonyl (C=O) groups excluding carboxylic acids is 1. The Balaban J connectivity index is 1.34. The molecule has 9 heteroatoms. The molecule has 0 radical (unpaired) electrons. The van der Waals surface area contributed by atoms with Crippen LogP contribution >= 0.6 is 11.3 Å². The topological polar surface area (TPSA) is 98.5 Å². The second-order valence-corrected chi connectivity index (χ2v) is 6.55. The van der Waals surface area contributed by atoms with Crippen molar-refractivity contribution in [3.8, 4) is 11.5 Å². The zero-order valence-corrected chi connectivity index (χ0v) is 14.5. The number of ether oxygens (including phenoxy) is 2. The Hall–Kier alpha value is -2.91. The lowest BCUT2D eigenvalue weighted by Crippen LogP contribution is -2.23. The third-order valence-corrected chi connectivity index (χ3v) is 4.65. The van der Waals surface area contributed by atoms with Crippen LogP contribution in [0, 0.1) is 0 Å². The summed E-state index contributed by atoms with van der Waals surface area (Å²) in [6, 6.07) is 7.36. The first-order valence-electron chi connectivity index (χ1n) is 7.96. The summed E-state index contributed by atoms with van der Waals surface area (Å²) < 4.78 is 12.0. The van der Waals surface area contributed by atoms with Crippen LogP contribution in [0.15, 0.2) is 41.2 Å². The average Bonchev–Trinajstić information content (AvgIpc) is 3.39. The van der Waals surface area contributed by atoms with Gasteiger partial charge in [0.25, 0.3) is 5.91 Å². The lowest BCUT2D eigenvalue weighted by Gasteiger charge is -2.07. The van der Waals surface area contributed by atoms with Crippen LogP contribution in [0.1, 0.15) is 27.7 Å². The first-order valence-corrected chi connectivity index (χ1v) is 8.90. The van der Waals surface area contributed by atoms with E-state index in [0.717, 1.165) is 11.1 Å². The third kappa shape index (κ3) is 3.53. The SMILES string of the molecule is O=C(NCc1ccc2c(c1)OCO2)c1cn(CC(O)c2ccsc2)nn1. The number of aliphatic hydroxyl groups excluding tert-OH is 1. The molecule has 0 aliphatic carbocycles. The van der Waals surface area contributed by atoms with Gasteiger partial charge in [0.2, 0.25) is 6.79 Å². The van der Waals surface area contributed by atoms with E-state index in [1.165, 1.54) is 22.2 Å². The molecular weight excluding hydrogens is 356 g/mol. The number of hydrogen-bond donors (Lipinski definition) is 2. The van der Waals surface area contributed by atoms with Gasteiger partial charge in [0.15, 0.2) is 17.2 Å². The van der Waals surface area contributed by atoms with Crippen LogP contribution in [-0.2, 0) is 13.1 Å². The molecule has 4 rings (SSSR count). The number of aliphatic hydroxyl groups is 1. The van der Waals surface area contributed by atoms with E-state index in [0.29, 0.717) is 18.0 Å². The number of fused-ring (bicyclic) bond motifs is 1. The molecule has 1 amide bonds. The quantitative estimate of drug-likeness (QED) is 0.684. The van der Waals surface area contributed by atoms with Crippen LogP contribution in [0.5, 0.6) is 11.5 Å². The van der Waals surface area contributed by atoms with Crippen LogP contribution in [0.25, 0.3) is 0 Å². The summed E-state index contributed by atoms with van der Waals surface area (Å²) in [6.07, 6.45) is 0.831. The molecule has 2 N–H and O–H groups in total. The molecule has 3 heterocycles. The number of nitrogens with zero attached hydrogens (tertiary/aromatic N) is 3. The maximum Gasteiger partial charge on any atom is 0.273 e. The summed E-state index contributed by atoms with van der Waals surface area (Å²) in [4.78, 5) is 12.2. The first-order chi connectivity index (χ1) is 12.7. The van der Waals surface area contributed by atoms with Gasteiger partial charge < -0.3 is 19.9 Å². The molecule has 3 aromatic rings. The second-order valence-electron chi connectivity index (χ2n) is 5.77. The van der Waals surface area contributed by atoms with Crippen molar-refractivity contribution in [3.63, 3.8) is 0 Å². The summed E-state index contributed by atoms with van der Waals surface area (Å²) in [5.74, 6) is 1.04. The Morgan fingerprint density at radius 1 is 1.35 bits per heavy atom. The van der Waals surface area contributed by atoms with Crippen molar-refractivity contribution in [3.05, 3.63) is 58.0 Å². The summed E-state index contributed by atoms with van der Waals surface area (Å²) in [7, 11) is 0. The fourth-order valence-electron chi connectivity index (χ4n) is 2.56. The van der Waals surface area contributed by atoms with E-state index < -0.39 is 6.10 Å². The second kappa shape index (κ2) is 7.14. The molecule has 0 spiro atoms. The molecule has 1 aromatic carbocycles. The fraction of sp³-hybridized carbons (Fsp3) is 0.235. The van der Waals surface area contributed by atoms with Gasteiger partial charge in [-0.15, -0.1) is 5.10 Å². The van der Waals surface area contributed by atoms with Gasteiger partial charge in [0, 0.05) is 6.54 Å². The number of thiophene rings is 1. The van der Waals surface area contributed by atoms with Gasteiger partial charge in [-0.25, -0.2) is 4.68 Å². The van der Waals surface area contributed by atoms with E-state index >= 15 is 0 Å².